The summed E-state index contributed by atoms with van der Waals surface area (Å²) in [5.41, 5.74) is 0. The van der Waals surface area contributed by atoms with E-state index in [2.05, 4.69) is 36.2 Å². The Bertz CT molecular complexity index is 729. The van der Waals surface area contributed by atoms with Gasteiger partial charge in [0.2, 0.25) is 0 Å². The maximum absolute atomic E-state index is 12.4. The predicted octanol–water partition coefficient (Wildman–Crippen LogP) is 2.35. The quantitative estimate of drug-likeness (QED) is 0.793. The maximum atomic E-state index is 12.4. The Labute approximate surface area is 135 Å². The summed E-state index contributed by atoms with van der Waals surface area (Å²) in [6, 6.07) is 5.45. The first-order valence-electron chi connectivity index (χ1n) is 6.37. The number of thiophene rings is 1. The van der Waals surface area contributed by atoms with E-state index in [-0.39, 0.29) is 10.7 Å². The van der Waals surface area contributed by atoms with Crippen molar-refractivity contribution in [1.82, 2.24) is 15.5 Å². The van der Waals surface area contributed by atoms with Crippen LogP contribution in [0.1, 0.15) is 17.7 Å². The molecule has 1 aliphatic carbocycles. The van der Waals surface area contributed by atoms with Crippen LogP contribution in [0.25, 0.3) is 0 Å². The molecule has 0 aromatic carbocycles. The highest BCUT2D eigenvalue weighted by Gasteiger charge is 2.24. The molecular formula is C12H13BrN4O2S2. The Hall–Kier alpha value is -1.03. The maximum Gasteiger partial charge on any atom is 0.265 e. The Morgan fingerprint density at radius 1 is 1.43 bits per heavy atom. The van der Waals surface area contributed by atoms with Gasteiger partial charge in [-0.15, -0.1) is 16.4 Å². The van der Waals surface area contributed by atoms with Gasteiger partial charge in [0, 0.05) is 23.7 Å². The smallest absolute Gasteiger partial charge is 0.265 e. The fraction of sp³-hybridized carbons (Fsp3) is 0.333. The van der Waals surface area contributed by atoms with Gasteiger partial charge in [-0.1, -0.05) is 0 Å². The Balaban J connectivity index is 1.77. The van der Waals surface area contributed by atoms with Crippen LogP contribution in [0.3, 0.4) is 0 Å². The van der Waals surface area contributed by atoms with Crippen LogP contribution in [0.5, 0.6) is 0 Å². The van der Waals surface area contributed by atoms with Gasteiger partial charge in [-0.25, -0.2) is 8.42 Å². The molecule has 1 fully saturated rings. The molecule has 2 aromatic rings. The zero-order chi connectivity index (χ0) is 14.9. The van der Waals surface area contributed by atoms with Crippen LogP contribution in [0, 0.1) is 0 Å². The highest BCUT2D eigenvalue weighted by molar-refractivity contribution is 9.11. The highest BCUT2D eigenvalue weighted by Crippen LogP contribution is 2.33. The summed E-state index contributed by atoms with van der Waals surface area (Å²) in [7, 11) is -3.66. The average molecular weight is 389 g/mol. The first-order valence-corrected chi connectivity index (χ1v) is 9.46. The normalized spacial score (nSPS) is 15.1. The largest absolute Gasteiger partial charge is 0.309 e. The number of rotatable bonds is 6. The van der Waals surface area contributed by atoms with Gasteiger partial charge in [0.15, 0.2) is 5.82 Å². The molecule has 2 aromatic heterocycles. The molecule has 0 amide bonds. The molecule has 21 heavy (non-hydrogen) atoms. The van der Waals surface area contributed by atoms with E-state index < -0.39 is 10.0 Å². The monoisotopic (exact) mass is 388 g/mol. The number of anilines is 1. The SMILES string of the molecule is O=S(=O)(Nc1cccnn1)c1cc(CNC2CC2)sc1Br. The van der Waals surface area contributed by atoms with Crippen molar-refractivity contribution in [3.8, 4) is 0 Å². The van der Waals surface area contributed by atoms with Crippen LogP contribution >= 0.6 is 27.3 Å². The van der Waals surface area contributed by atoms with Crippen molar-refractivity contribution >= 4 is 43.1 Å². The van der Waals surface area contributed by atoms with Gasteiger partial charge in [0.1, 0.15) is 4.90 Å². The molecule has 0 radical (unpaired) electrons. The number of halogens is 1. The van der Waals surface area contributed by atoms with E-state index >= 15 is 0 Å². The van der Waals surface area contributed by atoms with E-state index in [1.807, 2.05) is 0 Å². The number of sulfonamides is 1. The molecule has 0 spiro atoms. The van der Waals surface area contributed by atoms with Crippen molar-refractivity contribution in [1.29, 1.82) is 0 Å². The van der Waals surface area contributed by atoms with Crippen molar-refractivity contribution in [2.75, 3.05) is 4.72 Å². The first kappa shape index (κ1) is 14.9. The van der Waals surface area contributed by atoms with Crippen molar-refractivity contribution < 1.29 is 8.42 Å². The third-order valence-electron chi connectivity index (χ3n) is 2.95. The summed E-state index contributed by atoms with van der Waals surface area (Å²) in [5, 5.41) is 10.7. The molecule has 0 aliphatic heterocycles. The number of hydrogen-bond acceptors (Lipinski definition) is 6. The molecule has 0 unspecified atom stereocenters. The lowest BCUT2D eigenvalue weighted by atomic mass is 10.4. The van der Waals surface area contributed by atoms with Crippen molar-refractivity contribution in [2.24, 2.45) is 0 Å². The van der Waals surface area contributed by atoms with Crippen molar-refractivity contribution in [2.45, 2.75) is 30.3 Å². The summed E-state index contributed by atoms with van der Waals surface area (Å²) in [4.78, 5) is 1.21. The van der Waals surface area contributed by atoms with Crippen LogP contribution in [0.4, 0.5) is 5.82 Å². The van der Waals surface area contributed by atoms with Crippen LogP contribution < -0.4 is 10.0 Å². The molecule has 6 nitrogen and oxygen atoms in total. The number of aromatic nitrogens is 2. The second kappa shape index (κ2) is 5.99. The van der Waals surface area contributed by atoms with Crippen molar-refractivity contribution in [3.63, 3.8) is 0 Å². The van der Waals surface area contributed by atoms with E-state index in [9.17, 15) is 8.42 Å². The first-order chi connectivity index (χ1) is 10.0. The lowest BCUT2D eigenvalue weighted by Crippen LogP contribution is -2.15. The summed E-state index contributed by atoms with van der Waals surface area (Å²) in [6.45, 7) is 0.689. The number of hydrogen-bond donors (Lipinski definition) is 2. The van der Waals surface area contributed by atoms with Gasteiger partial charge >= 0.3 is 0 Å². The molecule has 2 heterocycles. The molecular weight excluding hydrogens is 376 g/mol. The predicted molar refractivity (Wildman–Crippen MR) is 84.7 cm³/mol. The van der Waals surface area contributed by atoms with Gasteiger partial charge in [-0.2, -0.15) is 5.10 Å². The van der Waals surface area contributed by atoms with E-state index in [0.29, 0.717) is 16.4 Å². The van der Waals surface area contributed by atoms with Crippen LogP contribution in [-0.2, 0) is 16.6 Å². The van der Waals surface area contributed by atoms with Gasteiger partial charge < -0.3 is 5.32 Å². The van der Waals surface area contributed by atoms with E-state index in [0.717, 1.165) is 4.88 Å². The molecule has 0 saturated heterocycles. The molecule has 0 bridgehead atoms. The molecule has 2 N–H and O–H groups in total. The molecule has 1 saturated carbocycles. The summed E-state index contributed by atoms with van der Waals surface area (Å²) in [6.07, 6.45) is 3.89. The second-order valence-electron chi connectivity index (χ2n) is 4.72. The van der Waals surface area contributed by atoms with Gasteiger partial charge in [-0.3, -0.25) is 4.72 Å². The molecule has 9 heteroatoms. The number of nitrogens with zero attached hydrogens (tertiary/aromatic N) is 2. The summed E-state index contributed by atoms with van der Waals surface area (Å²) >= 11 is 4.75. The topological polar surface area (TPSA) is 84.0 Å². The Morgan fingerprint density at radius 2 is 2.24 bits per heavy atom. The third kappa shape index (κ3) is 3.79. The fourth-order valence-corrected chi connectivity index (χ4v) is 5.38. The minimum atomic E-state index is -3.66. The van der Waals surface area contributed by atoms with Crippen molar-refractivity contribution in [3.05, 3.63) is 33.1 Å². The van der Waals surface area contributed by atoms with Crippen LogP contribution in [0.15, 0.2) is 33.1 Å². The lowest BCUT2D eigenvalue weighted by Gasteiger charge is -2.04. The van der Waals surface area contributed by atoms with E-state index in [1.165, 1.54) is 30.4 Å². The number of nitrogens with one attached hydrogen (secondary N) is 2. The standard InChI is InChI=1S/C12H13BrN4O2S2/c13-12-10(6-9(20-12)7-14-8-3-4-8)21(18,19)17-11-2-1-5-15-16-11/h1-2,5-6,8,14H,3-4,7H2,(H,16,17). The summed E-state index contributed by atoms with van der Waals surface area (Å²) < 4.78 is 27.7. The second-order valence-corrected chi connectivity index (χ2v) is 8.83. The minimum Gasteiger partial charge on any atom is -0.309 e. The van der Waals surface area contributed by atoms with Crippen LogP contribution in [-0.4, -0.2) is 24.7 Å². The fourth-order valence-electron chi connectivity index (χ4n) is 1.75. The highest BCUT2D eigenvalue weighted by atomic mass is 79.9. The average Bonchev–Trinajstić information content (AvgIpc) is 3.19. The van der Waals surface area contributed by atoms with Gasteiger partial charge in [0.05, 0.1) is 3.79 Å². The Kier molecular flexibility index (Phi) is 4.25. The van der Waals surface area contributed by atoms with Gasteiger partial charge in [-0.05, 0) is 47.0 Å². The zero-order valence-corrected chi connectivity index (χ0v) is 14.1. The molecule has 112 valence electrons. The van der Waals surface area contributed by atoms with E-state index in [1.54, 1.807) is 18.2 Å². The molecule has 1 aliphatic rings. The zero-order valence-electron chi connectivity index (χ0n) is 10.9. The lowest BCUT2D eigenvalue weighted by molar-refractivity contribution is 0.600. The third-order valence-corrected chi connectivity index (χ3v) is 6.56. The minimum absolute atomic E-state index is 0.202. The van der Waals surface area contributed by atoms with Gasteiger partial charge in [0.25, 0.3) is 10.0 Å². The Morgan fingerprint density at radius 3 is 2.90 bits per heavy atom. The van der Waals surface area contributed by atoms with Crippen LogP contribution in [0.2, 0.25) is 0 Å². The summed E-state index contributed by atoms with van der Waals surface area (Å²) in [5.74, 6) is 0.202. The van der Waals surface area contributed by atoms with E-state index in [4.69, 9.17) is 0 Å². The molecule has 0 atom stereocenters. The molecule has 3 rings (SSSR count).